The molecule has 0 unspecified atom stereocenters. The molecule has 0 fully saturated rings. The van der Waals surface area contributed by atoms with Crippen molar-refractivity contribution in [3.05, 3.63) is 70.5 Å². The van der Waals surface area contributed by atoms with Gasteiger partial charge in [0.1, 0.15) is 12.3 Å². The highest BCUT2D eigenvalue weighted by Crippen LogP contribution is 2.20. The van der Waals surface area contributed by atoms with E-state index >= 15 is 0 Å². The van der Waals surface area contributed by atoms with Gasteiger partial charge in [-0.15, -0.1) is 0 Å². The fraction of sp³-hybridized carbons (Fsp3) is 0.143. The number of carbonyl (C=O) groups is 3. The zero-order valence-electron chi connectivity index (χ0n) is 16.9. The second-order valence-electron chi connectivity index (χ2n) is 6.56. The van der Waals surface area contributed by atoms with Gasteiger partial charge in [-0.1, -0.05) is 23.2 Å². The summed E-state index contributed by atoms with van der Waals surface area (Å²) in [5.74, 6) is -0.579. The first kappa shape index (κ1) is 23.1. The molecule has 11 heteroatoms. The summed E-state index contributed by atoms with van der Waals surface area (Å²) in [5.41, 5.74) is 1.21. The molecule has 3 amide bonds. The van der Waals surface area contributed by atoms with Gasteiger partial charge in [-0.3, -0.25) is 19.1 Å². The molecule has 3 rings (SSSR count). The third-order valence-corrected chi connectivity index (χ3v) is 4.73. The van der Waals surface area contributed by atoms with Crippen LogP contribution < -0.4 is 20.7 Å². The average molecular weight is 476 g/mol. The summed E-state index contributed by atoms with van der Waals surface area (Å²) in [6.45, 7) is -0.325. The largest absolute Gasteiger partial charge is 0.497 e. The quantitative estimate of drug-likeness (QED) is 0.462. The molecule has 0 saturated carbocycles. The number of ether oxygens (including phenoxy) is 1. The van der Waals surface area contributed by atoms with Crippen LogP contribution in [0.1, 0.15) is 10.4 Å². The molecule has 0 radical (unpaired) electrons. The Kier molecular flexibility index (Phi) is 7.69. The van der Waals surface area contributed by atoms with Crippen molar-refractivity contribution >= 4 is 52.3 Å². The SMILES string of the molecule is COc1ccc(NC(=O)Cn2cc(NC(=O)CNC(=O)c3ccc(Cl)cc3Cl)cn2)cc1. The lowest BCUT2D eigenvalue weighted by Crippen LogP contribution is -2.32. The highest BCUT2D eigenvalue weighted by Gasteiger charge is 2.13. The van der Waals surface area contributed by atoms with Gasteiger partial charge in [0.25, 0.3) is 5.91 Å². The van der Waals surface area contributed by atoms with Crippen LogP contribution in [0.15, 0.2) is 54.9 Å². The standard InChI is InChI=1S/C21H19Cl2N5O4/c1-32-16-5-3-14(4-6-16)26-20(30)12-28-11-15(9-25-28)27-19(29)10-24-21(31)17-7-2-13(22)8-18(17)23/h2-9,11H,10,12H2,1H3,(H,24,31)(H,26,30)(H,27,29). The Hall–Kier alpha value is -3.56. The van der Waals surface area contributed by atoms with E-state index in [4.69, 9.17) is 27.9 Å². The second kappa shape index (κ2) is 10.7. The normalized spacial score (nSPS) is 10.3. The van der Waals surface area contributed by atoms with Crippen LogP contribution in [0.5, 0.6) is 5.75 Å². The third kappa shape index (κ3) is 6.47. The molecule has 0 aliphatic carbocycles. The Bertz CT molecular complexity index is 1130. The van der Waals surface area contributed by atoms with E-state index in [9.17, 15) is 14.4 Å². The van der Waals surface area contributed by atoms with Crippen molar-refractivity contribution in [2.75, 3.05) is 24.3 Å². The lowest BCUT2D eigenvalue weighted by atomic mass is 10.2. The van der Waals surface area contributed by atoms with E-state index < -0.39 is 11.8 Å². The Labute approximate surface area is 193 Å². The predicted octanol–water partition coefficient (Wildman–Crippen LogP) is 3.21. The van der Waals surface area contributed by atoms with E-state index in [0.717, 1.165) is 0 Å². The van der Waals surface area contributed by atoms with Gasteiger partial charge >= 0.3 is 0 Å². The lowest BCUT2D eigenvalue weighted by Gasteiger charge is -2.07. The number of nitrogens with one attached hydrogen (secondary N) is 3. The van der Waals surface area contributed by atoms with Crippen LogP contribution in [-0.2, 0) is 16.1 Å². The Morgan fingerprint density at radius 3 is 2.41 bits per heavy atom. The number of anilines is 2. The number of amides is 3. The maximum Gasteiger partial charge on any atom is 0.253 e. The zero-order valence-corrected chi connectivity index (χ0v) is 18.4. The number of aromatic nitrogens is 2. The fourth-order valence-corrected chi connectivity index (χ4v) is 3.17. The van der Waals surface area contributed by atoms with Gasteiger partial charge in [0.2, 0.25) is 11.8 Å². The first-order valence-electron chi connectivity index (χ1n) is 9.33. The number of rotatable bonds is 8. The minimum absolute atomic E-state index is 0.0479. The summed E-state index contributed by atoms with van der Waals surface area (Å²) in [7, 11) is 1.56. The predicted molar refractivity (Wildman–Crippen MR) is 121 cm³/mol. The van der Waals surface area contributed by atoms with E-state index in [-0.39, 0.29) is 29.6 Å². The van der Waals surface area contributed by atoms with Crippen LogP contribution in [0, 0.1) is 0 Å². The fourth-order valence-electron chi connectivity index (χ4n) is 2.67. The van der Waals surface area contributed by atoms with E-state index in [2.05, 4.69) is 21.0 Å². The molecule has 0 aliphatic heterocycles. The highest BCUT2D eigenvalue weighted by molar-refractivity contribution is 6.36. The molecule has 32 heavy (non-hydrogen) atoms. The van der Waals surface area contributed by atoms with Crippen molar-refractivity contribution in [2.45, 2.75) is 6.54 Å². The van der Waals surface area contributed by atoms with Crippen LogP contribution in [-0.4, -0.2) is 41.2 Å². The average Bonchev–Trinajstić information content (AvgIpc) is 3.19. The van der Waals surface area contributed by atoms with Crippen molar-refractivity contribution in [1.82, 2.24) is 15.1 Å². The molecule has 9 nitrogen and oxygen atoms in total. The van der Waals surface area contributed by atoms with Crippen molar-refractivity contribution in [3.8, 4) is 5.75 Å². The molecule has 0 atom stereocenters. The van der Waals surface area contributed by atoms with Gasteiger partial charge in [0.15, 0.2) is 0 Å². The van der Waals surface area contributed by atoms with E-state index in [1.165, 1.54) is 35.3 Å². The van der Waals surface area contributed by atoms with Gasteiger partial charge in [-0.25, -0.2) is 0 Å². The zero-order chi connectivity index (χ0) is 23.1. The number of halogens is 2. The van der Waals surface area contributed by atoms with Crippen LogP contribution in [0.25, 0.3) is 0 Å². The molecule has 0 spiro atoms. The molecule has 0 saturated heterocycles. The minimum atomic E-state index is -0.507. The molecule has 0 bridgehead atoms. The minimum Gasteiger partial charge on any atom is -0.497 e. The van der Waals surface area contributed by atoms with Crippen molar-refractivity contribution in [2.24, 2.45) is 0 Å². The number of methoxy groups -OCH3 is 1. The van der Waals surface area contributed by atoms with Crippen molar-refractivity contribution < 1.29 is 19.1 Å². The van der Waals surface area contributed by atoms with Gasteiger partial charge in [0.05, 0.1) is 36.1 Å². The molecule has 1 aromatic heterocycles. The summed E-state index contributed by atoms with van der Waals surface area (Å²) < 4.78 is 6.45. The summed E-state index contributed by atoms with van der Waals surface area (Å²) in [4.78, 5) is 36.4. The number of hydrogen-bond donors (Lipinski definition) is 3. The first-order chi connectivity index (χ1) is 15.3. The Morgan fingerprint density at radius 1 is 1.00 bits per heavy atom. The van der Waals surface area contributed by atoms with Gasteiger partial charge in [-0.05, 0) is 42.5 Å². The molecule has 0 aliphatic rings. The van der Waals surface area contributed by atoms with Crippen molar-refractivity contribution in [1.29, 1.82) is 0 Å². The first-order valence-corrected chi connectivity index (χ1v) is 10.1. The molecule has 3 N–H and O–H groups in total. The van der Waals surface area contributed by atoms with Gasteiger partial charge < -0.3 is 20.7 Å². The summed E-state index contributed by atoms with van der Waals surface area (Å²) in [5, 5.41) is 12.4. The molecular formula is C21H19Cl2N5O4. The molecule has 1 heterocycles. The molecule has 3 aromatic rings. The van der Waals surface area contributed by atoms with E-state index in [0.29, 0.717) is 22.1 Å². The molecule has 2 aromatic carbocycles. The summed E-state index contributed by atoms with van der Waals surface area (Å²) >= 11 is 11.8. The lowest BCUT2D eigenvalue weighted by molar-refractivity contribution is -0.117. The molecular weight excluding hydrogens is 457 g/mol. The van der Waals surface area contributed by atoms with E-state index in [1.54, 1.807) is 31.4 Å². The van der Waals surface area contributed by atoms with E-state index in [1.807, 2.05) is 0 Å². The second-order valence-corrected chi connectivity index (χ2v) is 7.40. The maximum atomic E-state index is 12.2. The highest BCUT2D eigenvalue weighted by atomic mass is 35.5. The maximum absolute atomic E-state index is 12.2. The smallest absolute Gasteiger partial charge is 0.253 e. The third-order valence-electron chi connectivity index (χ3n) is 4.18. The number of carbonyl (C=O) groups excluding carboxylic acids is 3. The number of hydrogen-bond acceptors (Lipinski definition) is 5. The Morgan fingerprint density at radius 2 is 1.72 bits per heavy atom. The van der Waals surface area contributed by atoms with Gasteiger partial charge in [-0.2, -0.15) is 5.10 Å². The monoisotopic (exact) mass is 475 g/mol. The topological polar surface area (TPSA) is 114 Å². The summed E-state index contributed by atoms with van der Waals surface area (Å²) in [6.07, 6.45) is 2.90. The van der Waals surface area contributed by atoms with Gasteiger partial charge in [0, 0.05) is 16.9 Å². The van der Waals surface area contributed by atoms with Crippen LogP contribution in [0.3, 0.4) is 0 Å². The molecule has 166 valence electrons. The summed E-state index contributed by atoms with van der Waals surface area (Å²) in [6, 6.07) is 11.3. The number of nitrogens with zero attached hydrogens (tertiary/aromatic N) is 2. The Balaban J connectivity index is 1.47. The number of benzene rings is 2. The van der Waals surface area contributed by atoms with Crippen LogP contribution in [0.2, 0.25) is 10.0 Å². The van der Waals surface area contributed by atoms with Crippen LogP contribution >= 0.6 is 23.2 Å². The van der Waals surface area contributed by atoms with Crippen LogP contribution in [0.4, 0.5) is 11.4 Å². The van der Waals surface area contributed by atoms with Crippen molar-refractivity contribution in [3.63, 3.8) is 0 Å².